The molecule has 0 saturated carbocycles. The summed E-state index contributed by atoms with van der Waals surface area (Å²) in [7, 11) is 5.61. The van der Waals surface area contributed by atoms with Crippen LogP contribution in [-0.4, -0.2) is 154 Å². The molecule has 0 spiro atoms. The molecule has 0 radical (unpaired) electrons. The molecule has 4 amide bonds. The smallest absolute Gasteiger partial charge is 0.329 e. The molecule has 3 heterocycles. The summed E-state index contributed by atoms with van der Waals surface area (Å²) in [5.74, 6) is -7.29. The van der Waals surface area contributed by atoms with E-state index in [1.165, 1.54) is 51.8 Å². The Balaban J connectivity index is 1.59. The zero-order valence-electron chi connectivity index (χ0n) is 49.4. The van der Waals surface area contributed by atoms with Gasteiger partial charge in [-0.3, -0.25) is 19.2 Å². The van der Waals surface area contributed by atoms with Crippen molar-refractivity contribution in [2.24, 2.45) is 23.7 Å². The Labute approximate surface area is 472 Å². The molecule has 5 rings (SSSR count). The van der Waals surface area contributed by atoms with E-state index in [0.717, 1.165) is 32.1 Å². The SMILES string of the molecule is CC(C)C[C@H]1C(=O)O[C@H](Cc2ccc(Cc3cc[nH]c3)cc2)C(=O)N(C)[C@@H](CC(C)C)C(=O)O[C@H](C)C(=O)N(C)[C@@H](CC(C)C)C(=O)O[C@H](Cc2ccc(Cc3cc[nH]c3)cc2)C(=O)N(C)[C@@H](CC(C)C)C(=O)O[C@H](C)C(=O)N1C. The highest BCUT2D eigenvalue weighted by Crippen LogP contribution is 2.25. The van der Waals surface area contributed by atoms with Gasteiger partial charge < -0.3 is 48.5 Å². The second kappa shape index (κ2) is 29.3. The highest BCUT2D eigenvalue weighted by atomic mass is 16.6. The topological polar surface area (TPSA) is 218 Å². The van der Waals surface area contributed by atoms with Gasteiger partial charge >= 0.3 is 23.9 Å². The number of rotatable bonds is 16. The lowest BCUT2D eigenvalue weighted by Crippen LogP contribution is -2.55. The lowest BCUT2D eigenvalue weighted by molar-refractivity contribution is -0.176. The molecule has 0 bridgehead atoms. The maximum atomic E-state index is 15.0. The van der Waals surface area contributed by atoms with E-state index in [2.05, 4.69) is 9.97 Å². The quantitative estimate of drug-likeness (QED) is 0.0824. The van der Waals surface area contributed by atoms with E-state index in [1.807, 2.05) is 141 Å². The van der Waals surface area contributed by atoms with Gasteiger partial charge in [0.25, 0.3) is 23.6 Å². The largest absolute Gasteiger partial charge is 0.451 e. The van der Waals surface area contributed by atoms with Crippen molar-refractivity contribution in [3.05, 3.63) is 119 Å². The molecular weight excluding hydrogens is 1020 g/mol. The van der Waals surface area contributed by atoms with E-state index in [-0.39, 0.29) is 62.2 Å². The van der Waals surface area contributed by atoms with Crippen LogP contribution in [0.4, 0.5) is 0 Å². The summed E-state index contributed by atoms with van der Waals surface area (Å²) in [4.78, 5) is 128. The molecule has 2 N–H and O–H groups in total. The maximum Gasteiger partial charge on any atom is 0.329 e. The van der Waals surface area contributed by atoms with Crippen molar-refractivity contribution in [2.75, 3.05) is 28.2 Å². The fraction of sp³-hybridized carbons (Fsp3) is 0.548. The zero-order chi connectivity index (χ0) is 59.1. The Hall–Kier alpha value is -7.24. The van der Waals surface area contributed by atoms with Crippen molar-refractivity contribution < 1.29 is 57.3 Å². The molecular formula is C62H86N6O12. The first-order chi connectivity index (χ1) is 37.7. The van der Waals surface area contributed by atoms with Gasteiger partial charge in [-0.25, -0.2) is 19.2 Å². The van der Waals surface area contributed by atoms with Crippen LogP contribution < -0.4 is 0 Å². The van der Waals surface area contributed by atoms with Gasteiger partial charge in [0.2, 0.25) is 0 Å². The van der Waals surface area contributed by atoms with E-state index in [4.69, 9.17) is 18.9 Å². The predicted molar refractivity (Wildman–Crippen MR) is 302 cm³/mol. The minimum atomic E-state index is -1.51. The second-order valence-electron chi connectivity index (χ2n) is 23.2. The van der Waals surface area contributed by atoms with Crippen molar-refractivity contribution in [1.29, 1.82) is 0 Å². The number of carbonyl (C=O) groups excluding carboxylic acids is 8. The molecule has 0 unspecified atom stereocenters. The highest BCUT2D eigenvalue weighted by Gasteiger charge is 2.43. The standard InChI is InChI=1S/C62H86N6O12/c1-37(2)27-49-59(73)77-41(9)55(69)65(11)52(30-40(7)8)62(76)80-54(34-46-21-17-44(18-22-46)32-48-24-26-64-36-48)58(72)68(14)50(28-38(3)4)60(74)78-42(10)56(70)66(12)51(29-39(5)6)61(75)79-53(57(71)67(49)13)33-45-19-15-43(16-20-45)31-47-23-25-63-35-47/h15-26,35-42,49-54,63-64H,27-34H2,1-14H3/t41-,42-,49+,50+,51+,52+,53-,54-/m1/s1. The van der Waals surface area contributed by atoms with Crippen LogP contribution in [0.3, 0.4) is 0 Å². The third-order valence-electron chi connectivity index (χ3n) is 14.5. The number of hydrogen-bond acceptors (Lipinski definition) is 12. The maximum absolute atomic E-state index is 15.0. The molecule has 1 saturated heterocycles. The van der Waals surface area contributed by atoms with Crippen LogP contribution in [0.25, 0.3) is 0 Å². The van der Waals surface area contributed by atoms with Crippen LogP contribution in [0.1, 0.15) is 128 Å². The van der Waals surface area contributed by atoms with Gasteiger partial charge in [-0.2, -0.15) is 0 Å². The fourth-order valence-electron chi connectivity index (χ4n) is 9.90. The monoisotopic (exact) mass is 1110 g/mol. The van der Waals surface area contributed by atoms with Gasteiger partial charge in [0.15, 0.2) is 24.4 Å². The van der Waals surface area contributed by atoms with Crippen molar-refractivity contribution in [3.63, 3.8) is 0 Å². The van der Waals surface area contributed by atoms with Crippen molar-refractivity contribution in [3.8, 4) is 0 Å². The Kier molecular flexibility index (Phi) is 23.3. The molecule has 1 fully saturated rings. The molecule has 18 nitrogen and oxygen atoms in total. The summed E-state index contributed by atoms with van der Waals surface area (Å²) in [6.07, 6.45) is 2.95. The number of aromatic nitrogens is 2. The van der Waals surface area contributed by atoms with Crippen LogP contribution in [0, 0.1) is 23.7 Å². The summed E-state index contributed by atoms with van der Waals surface area (Å²) in [5, 5.41) is 0. The third-order valence-corrected chi connectivity index (χ3v) is 14.5. The fourth-order valence-corrected chi connectivity index (χ4v) is 9.90. The number of H-pyrrole nitrogens is 2. The number of aromatic amines is 2. The molecule has 436 valence electrons. The third kappa shape index (κ3) is 17.9. The van der Waals surface area contributed by atoms with Crippen LogP contribution in [0.15, 0.2) is 85.5 Å². The number of carbonyl (C=O) groups is 8. The molecule has 8 atom stereocenters. The first-order valence-corrected chi connectivity index (χ1v) is 28.0. The Morgan fingerprint density at radius 2 is 0.637 bits per heavy atom. The average Bonchev–Trinajstić information content (AvgIpc) is 4.14. The predicted octanol–water partition coefficient (Wildman–Crippen LogP) is 7.50. The van der Waals surface area contributed by atoms with Gasteiger partial charge in [-0.15, -0.1) is 0 Å². The summed E-state index contributed by atoms with van der Waals surface area (Å²) in [5.41, 5.74) is 5.42. The van der Waals surface area contributed by atoms with Gasteiger partial charge in [-0.1, -0.05) is 104 Å². The number of hydrogen-bond donors (Lipinski definition) is 2. The minimum Gasteiger partial charge on any atom is -0.451 e. The molecule has 4 aromatic rings. The number of likely N-dealkylation sites (N-methyl/N-ethyl adjacent to an activating group) is 4. The first-order valence-electron chi connectivity index (χ1n) is 28.0. The second-order valence-corrected chi connectivity index (χ2v) is 23.2. The van der Waals surface area contributed by atoms with E-state index < -0.39 is 96.1 Å². The molecule has 80 heavy (non-hydrogen) atoms. The van der Waals surface area contributed by atoms with Gasteiger partial charge in [0.1, 0.15) is 24.2 Å². The molecule has 18 heteroatoms. The number of nitrogens with one attached hydrogen (secondary N) is 2. The van der Waals surface area contributed by atoms with Crippen LogP contribution in [-0.2, 0) is 83.0 Å². The number of amides is 4. The Morgan fingerprint density at radius 1 is 0.375 bits per heavy atom. The molecule has 1 aliphatic heterocycles. The normalized spacial score (nSPS) is 23.2. The number of esters is 4. The molecule has 2 aromatic heterocycles. The van der Waals surface area contributed by atoms with Gasteiger partial charge in [0.05, 0.1) is 0 Å². The van der Waals surface area contributed by atoms with Crippen LogP contribution >= 0.6 is 0 Å². The summed E-state index contributed by atoms with van der Waals surface area (Å²) < 4.78 is 24.2. The van der Waals surface area contributed by atoms with Crippen LogP contribution in [0.2, 0.25) is 0 Å². The van der Waals surface area contributed by atoms with Crippen molar-refractivity contribution >= 4 is 47.5 Å². The first kappa shape index (κ1) is 63.6. The van der Waals surface area contributed by atoms with Crippen molar-refractivity contribution in [1.82, 2.24) is 29.6 Å². The summed E-state index contributed by atoms with van der Waals surface area (Å²) in [6, 6.07) is 13.9. The Bertz CT molecular complexity index is 2480. The molecule has 2 aromatic carbocycles. The lowest BCUT2D eigenvalue weighted by atomic mass is 9.99. The Morgan fingerprint density at radius 3 is 0.900 bits per heavy atom. The molecule has 1 aliphatic rings. The van der Waals surface area contributed by atoms with E-state index >= 15 is 0 Å². The van der Waals surface area contributed by atoms with E-state index in [1.54, 1.807) is 0 Å². The van der Waals surface area contributed by atoms with Gasteiger partial charge in [0, 0.05) is 65.8 Å². The zero-order valence-corrected chi connectivity index (χ0v) is 49.4. The average molecular weight is 1110 g/mol. The number of nitrogens with zero attached hydrogens (tertiary/aromatic N) is 4. The molecule has 0 aliphatic carbocycles. The summed E-state index contributed by atoms with van der Waals surface area (Å²) in [6.45, 7) is 17.6. The van der Waals surface area contributed by atoms with Crippen LogP contribution in [0.5, 0.6) is 0 Å². The number of benzene rings is 2. The van der Waals surface area contributed by atoms with E-state index in [9.17, 15) is 38.4 Å². The highest BCUT2D eigenvalue weighted by molar-refractivity contribution is 5.94. The minimum absolute atomic E-state index is 0.0932. The summed E-state index contributed by atoms with van der Waals surface area (Å²) >= 11 is 0. The van der Waals surface area contributed by atoms with E-state index in [0.29, 0.717) is 24.0 Å². The number of ether oxygens (including phenoxy) is 4. The van der Waals surface area contributed by atoms with Crippen molar-refractivity contribution in [2.45, 2.75) is 169 Å². The lowest BCUT2D eigenvalue weighted by Gasteiger charge is -2.35. The van der Waals surface area contributed by atoms with Gasteiger partial charge in [-0.05, 0) is 122 Å². The number of cyclic esters (lactones) is 4.